The van der Waals surface area contributed by atoms with E-state index in [1.54, 1.807) is 19.1 Å². The summed E-state index contributed by atoms with van der Waals surface area (Å²) >= 11 is 0. The molecule has 1 aliphatic heterocycles. The van der Waals surface area contributed by atoms with E-state index in [9.17, 15) is 13.2 Å². The topological polar surface area (TPSA) is 62.6 Å². The first-order valence-electron chi connectivity index (χ1n) is 11.0. The monoisotopic (exact) mass is 469 g/mol. The molecule has 0 unspecified atom stereocenters. The summed E-state index contributed by atoms with van der Waals surface area (Å²) in [5, 5.41) is 3.31. The SMILES string of the molecule is CC(=Nc1cccc(C(F)(F)F)c1)N1CCc2cc(Oc3cc(CNC(C)C)ncn3)ccc21. The summed E-state index contributed by atoms with van der Waals surface area (Å²) in [5.41, 5.74) is 2.44. The van der Waals surface area contributed by atoms with Gasteiger partial charge in [-0.25, -0.2) is 15.0 Å². The molecule has 2 aromatic carbocycles. The van der Waals surface area contributed by atoms with E-state index in [4.69, 9.17) is 4.74 Å². The highest BCUT2D eigenvalue weighted by Crippen LogP contribution is 2.34. The van der Waals surface area contributed by atoms with Crippen LogP contribution in [0.3, 0.4) is 0 Å². The molecule has 0 saturated heterocycles. The van der Waals surface area contributed by atoms with Crippen molar-refractivity contribution in [2.24, 2.45) is 4.99 Å². The van der Waals surface area contributed by atoms with Crippen LogP contribution in [0.15, 0.2) is 59.9 Å². The van der Waals surface area contributed by atoms with Crippen LogP contribution < -0.4 is 15.0 Å². The summed E-state index contributed by atoms with van der Waals surface area (Å²) in [4.78, 5) is 14.9. The molecule has 0 radical (unpaired) electrons. The maximum absolute atomic E-state index is 13.0. The van der Waals surface area contributed by atoms with E-state index in [-0.39, 0.29) is 5.69 Å². The molecule has 9 heteroatoms. The number of halogens is 3. The summed E-state index contributed by atoms with van der Waals surface area (Å²) in [6.45, 7) is 7.25. The normalized spacial score (nSPS) is 14.0. The Hall–Kier alpha value is -3.46. The number of ether oxygens (including phenoxy) is 1. The Morgan fingerprint density at radius 3 is 2.74 bits per heavy atom. The minimum Gasteiger partial charge on any atom is -0.439 e. The van der Waals surface area contributed by atoms with Crippen LogP contribution in [0.2, 0.25) is 0 Å². The fraction of sp³-hybridized carbons (Fsp3) is 0.320. The fourth-order valence-electron chi connectivity index (χ4n) is 3.74. The van der Waals surface area contributed by atoms with Crippen LogP contribution in [0.1, 0.15) is 37.6 Å². The van der Waals surface area contributed by atoms with E-state index < -0.39 is 11.7 Å². The van der Waals surface area contributed by atoms with E-state index in [1.807, 2.05) is 23.1 Å². The summed E-state index contributed by atoms with van der Waals surface area (Å²) in [7, 11) is 0. The number of anilines is 1. The molecule has 0 bridgehead atoms. The first-order chi connectivity index (χ1) is 16.2. The van der Waals surface area contributed by atoms with Gasteiger partial charge in [-0.2, -0.15) is 13.2 Å². The number of aliphatic imine (C=N–C) groups is 1. The van der Waals surface area contributed by atoms with Crippen molar-refractivity contribution in [2.45, 2.75) is 46.0 Å². The van der Waals surface area contributed by atoms with Crippen molar-refractivity contribution in [3.8, 4) is 11.6 Å². The fourth-order valence-corrected chi connectivity index (χ4v) is 3.74. The van der Waals surface area contributed by atoms with Gasteiger partial charge in [0.25, 0.3) is 0 Å². The Balaban J connectivity index is 1.49. The molecule has 1 N–H and O–H groups in total. The van der Waals surface area contributed by atoms with Crippen molar-refractivity contribution in [1.29, 1.82) is 0 Å². The molecule has 0 fully saturated rings. The van der Waals surface area contributed by atoms with Gasteiger partial charge in [-0.3, -0.25) is 0 Å². The van der Waals surface area contributed by atoms with Crippen molar-refractivity contribution in [2.75, 3.05) is 11.4 Å². The van der Waals surface area contributed by atoms with Gasteiger partial charge in [-0.05, 0) is 55.3 Å². The third kappa shape index (κ3) is 5.72. The third-order valence-electron chi connectivity index (χ3n) is 5.41. The summed E-state index contributed by atoms with van der Waals surface area (Å²) in [5.74, 6) is 1.76. The summed E-state index contributed by atoms with van der Waals surface area (Å²) < 4.78 is 45.0. The number of hydrogen-bond acceptors (Lipinski definition) is 5. The van der Waals surface area contributed by atoms with Gasteiger partial charge < -0.3 is 15.0 Å². The molecule has 0 aliphatic carbocycles. The molecule has 4 rings (SSSR count). The lowest BCUT2D eigenvalue weighted by molar-refractivity contribution is -0.137. The molecule has 0 spiro atoms. The molecule has 0 amide bonds. The highest BCUT2D eigenvalue weighted by molar-refractivity contribution is 5.99. The predicted octanol–water partition coefficient (Wildman–Crippen LogP) is 5.90. The van der Waals surface area contributed by atoms with Crippen LogP contribution in [-0.2, 0) is 19.1 Å². The highest BCUT2D eigenvalue weighted by atomic mass is 19.4. The smallest absolute Gasteiger partial charge is 0.416 e. The predicted molar refractivity (Wildman–Crippen MR) is 126 cm³/mol. The Labute approximate surface area is 196 Å². The molecule has 3 aromatic rings. The van der Waals surface area contributed by atoms with Crippen LogP contribution >= 0.6 is 0 Å². The number of aromatic nitrogens is 2. The van der Waals surface area contributed by atoms with Gasteiger partial charge in [0, 0.05) is 30.9 Å². The first kappa shape index (κ1) is 23.7. The minimum atomic E-state index is -4.40. The Kier molecular flexibility index (Phi) is 6.83. The molecule has 1 aromatic heterocycles. The number of fused-ring (bicyclic) bond motifs is 1. The lowest BCUT2D eigenvalue weighted by atomic mass is 10.1. The van der Waals surface area contributed by atoms with Gasteiger partial charge in [0.1, 0.15) is 17.9 Å². The molecular formula is C25H26F3N5O. The van der Waals surface area contributed by atoms with Gasteiger partial charge in [0.2, 0.25) is 5.88 Å². The summed E-state index contributed by atoms with van der Waals surface area (Å²) in [6.07, 6.45) is -2.14. The average Bonchev–Trinajstić information content (AvgIpc) is 3.21. The number of hydrogen-bond donors (Lipinski definition) is 1. The molecule has 34 heavy (non-hydrogen) atoms. The van der Waals surface area contributed by atoms with Gasteiger partial charge >= 0.3 is 6.18 Å². The number of benzene rings is 2. The lowest BCUT2D eigenvalue weighted by Gasteiger charge is -2.19. The third-order valence-corrected chi connectivity index (χ3v) is 5.41. The number of nitrogens with zero attached hydrogens (tertiary/aromatic N) is 4. The highest BCUT2D eigenvalue weighted by Gasteiger charge is 2.30. The number of alkyl halides is 3. The maximum Gasteiger partial charge on any atom is 0.416 e. The van der Waals surface area contributed by atoms with E-state index in [0.717, 1.165) is 35.5 Å². The average molecular weight is 470 g/mol. The van der Waals surface area contributed by atoms with Crippen LogP contribution in [0.4, 0.5) is 24.5 Å². The van der Waals surface area contributed by atoms with Gasteiger partial charge in [-0.15, -0.1) is 0 Å². The number of amidine groups is 1. The van der Waals surface area contributed by atoms with Crippen molar-refractivity contribution in [3.63, 3.8) is 0 Å². The van der Waals surface area contributed by atoms with Crippen LogP contribution in [0.25, 0.3) is 0 Å². The second kappa shape index (κ2) is 9.80. The zero-order valence-electron chi connectivity index (χ0n) is 19.2. The molecule has 178 valence electrons. The second-order valence-electron chi connectivity index (χ2n) is 8.38. The van der Waals surface area contributed by atoms with Gasteiger partial charge in [0.05, 0.1) is 16.9 Å². The van der Waals surface area contributed by atoms with Crippen LogP contribution in [0.5, 0.6) is 11.6 Å². The van der Waals surface area contributed by atoms with Gasteiger partial charge in [0.15, 0.2) is 0 Å². The maximum atomic E-state index is 13.0. The van der Waals surface area contributed by atoms with E-state index in [0.29, 0.717) is 36.6 Å². The van der Waals surface area contributed by atoms with Crippen molar-refractivity contribution in [3.05, 3.63) is 71.7 Å². The Morgan fingerprint density at radius 2 is 1.97 bits per heavy atom. The lowest BCUT2D eigenvalue weighted by Crippen LogP contribution is -2.26. The number of nitrogens with one attached hydrogen (secondary N) is 1. The van der Waals surface area contributed by atoms with E-state index >= 15 is 0 Å². The van der Waals surface area contributed by atoms with E-state index in [1.165, 1.54) is 12.4 Å². The van der Waals surface area contributed by atoms with Crippen LogP contribution in [0, 0.1) is 0 Å². The van der Waals surface area contributed by atoms with Crippen molar-refractivity contribution >= 4 is 17.2 Å². The minimum absolute atomic E-state index is 0.271. The first-order valence-corrected chi connectivity index (χ1v) is 11.0. The quantitative estimate of drug-likeness (QED) is 0.360. The zero-order valence-corrected chi connectivity index (χ0v) is 19.2. The molecular weight excluding hydrogens is 443 g/mol. The largest absolute Gasteiger partial charge is 0.439 e. The van der Waals surface area contributed by atoms with Crippen LogP contribution in [-0.4, -0.2) is 28.4 Å². The molecule has 0 atom stereocenters. The Bertz CT molecular complexity index is 1190. The molecule has 1 aliphatic rings. The summed E-state index contributed by atoms with van der Waals surface area (Å²) in [6, 6.07) is 12.9. The number of rotatable bonds is 6. The molecule has 0 saturated carbocycles. The zero-order chi connectivity index (χ0) is 24.3. The second-order valence-corrected chi connectivity index (χ2v) is 8.38. The molecule has 6 nitrogen and oxygen atoms in total. The van der Waals surface area contributed by atoms with E-state index in [2.05, 4.69) is 34.1 Å². The van der Waals surface area contributed by atoms with Gasteiger partial charge in [-0.1, -0.05) is 19.9 Å². The Morgan fingerprint density at radius 1 is 1.15 bits per heavy atom. The van der Waals surface area contributed by atoms with Crippen molar-refractivity contribution < 1.29 is 17.9 Å². The van der Waals surface area contributed by atoms with Crippen molar-refractivity contribution in [1.82, 2.24) is 15.3 Å². The molecule has 2 heterocycles. The standard InChI is InChI=1S/C25H26F3N5O/c1-16(2)29-14-21-13-24(31-15-30-21)34-22-7-8-23-18(11-22)9-10-33(23)17(3)32-20-6-4-5-19(12-20)25(26,27)28/h4-8,11-13,15-16,29H,9-10,14H2,1-3H3.